The maximum atomic E-state index is 13.1. The first kappa shape index (κ1) is 22.5. The molecule has 6 nitrogen and oxygen atoms in total. The van der Waals surface area contributed by atoms with Gasteiger partial charge in [0.25, 0.3) is 0 Å². The molecule has 0 bridgehead atoms. The number of nitrogens with one attached hydrogen (secondary N) is 1. The van der Waals surface area contributed by atoms with Crippen molar-refractivity contribution in [2.75, 3.05) is 19.3 Å². The van der Waals surface area contributed by atoms with E-state index < -0.39 is 17.8 Å². The summed E-state index contributed by atoms with van der Waals surface area (Å²) in [4.78, 5) is 30.7. The van der Waals surface area contributed by atoms with E-state index in [-0.39, 0.29) is 23.1 Å². The molecule has 2 aromatic rings. The van der Waals surface area contributed by atoms with Crippen molar-refractivity contribution in [2.24, 2.45) is 0 Å². The lowest BCUT2D eigenvalue weighted by Gasteiger charge is -2.23. The van der Waals surface area contributed by atoms with Crippen LogP contribution in [0.1, 0.15) is 38.2 Å². The topological polar surface area (TPSA) is 67.2 Å². The van der Waals surface area contributed by atoms with E-state index in [0.717, 1.165) is 31.4 Å². The second-order valence-electron chi connectivity index (χ2n) is 7.25. The van der Waals surface area contributed by atoms with Crippen LogP contribution in [-0.4, -0.2) is 51.7 Å². The molecule has 0 spiro atoms. The average molecular weight is 443 g/mol. The molecule has 0 aliphatic carbocycles. The summed E-state index contributed by atoms with van der Waals surface area (Å²) in [5, 5.41) is 3.10. The molecule has 1 unspecified atom stereocenters. The summed E-state index contributed by atoms with van der Waals surface area (Å²) < 4.78 is 41.1. The van der Waals surface area contributed by atoms with Crippen LogP contribution in [0.25, 0.3) is 11.0 Å². The first-order chi connectivity index (χ1) is 14.3. The highest BCUT2D eigenvalue weighted by Crippen LogP contribution is 2.33. The largest absolute Gasteiger partial charge is 0.416 e. The number of carbonyl (C=O) groups is 2. The van der Waals surface area contributed by atoms with Crippen molar-refractivity contribution >= 4 is 34.6 Å². The highest BCUT2D eigenvalue weighted by Gasteiger charge is 2.34. The number of likely N-dealkylation sites (tertiary alicyclic amines) is 1. The summed E-state index contributed by atoms with van der Waals surface area (Å²) in [6.07, 6.45) is -1.27. The lowest BCUT2D eigenvalue weighted by molar-refractivity contribution is -0.137. The van der Waals surface area contributed by atoms with Crippen LogP contribution in [0.5, 0.6) is 0 Å². The molecule has 1 aliphatic heterocycles. The van der Waals surface area contributed by atoms with Gasteiger partial charge in [0.15, 0.2) is 5.16 Å². The number of hydrogen-bond acceptors (Lipinski definition) is 4. The first-order valence-electron chi connectivity index (χ1n) is 9.97. The Labute approximate surface area is 177 Å². The zero-order valence-corrected chi connectivity index (χ0v) is 17.8. The number of rotatable bonds is 7. The molecule has 164 valence electrons. The Morgan fingerprint density at radius 2 is 2.10 bits per heavy atom. The predicted octanol–water partition coefficient (Wildman–Crippen LogP) is 3.68. The van der Waals surface area contributed by atoms with Crippen LogP contribution in [0.3, 0.4) is 0 Å². The molecule has 1 atom stereocenters. The van der Waals surface area contributed by atoms with Gasteiger partial charge in [0.1, 0.15) is 6.04 Å². The standard InChI is InChI=1S/C20H25F3N4O2S/c1-3-4-9-27-15-8-7-13(20(21,22)23)11-14(15)25-19(27)30-12-17(28)26-10-5-6-16(26)18(29)24-2/h7-8,11,16H,3-6,9-10,12H2,1-2H3,(H,24,29). The quantitative estimate of drug-likeness (QED) is 0.665. The van der Waals surface area contributed by atoms with Crippen LogP contribution in [0, 0.1) is 0 Å². The van der Waals surface area contributed by atoms with E-state index in [1.54, 1.807) is 11.9 Å². The lowest BCUT2D eigenvalue weighted by atomic mass is 10.2. The second kappa shape index (κ2) is 9.28. The van der Waals surface area contributed by atoms with Gasteiger partial charge in [0.2, 0.25) is 11.8 Å². The Morgan fingerprint density at radius 1 is 1.33 bits per heavy atom. The Morgan fingerprint density at radius 3 is 2.77 bits per heavy atom. The van der Waals surface area contributed by atoms with Gasteiger partial charge < -0.3 is 14.8 Å². The number of aryl methyl sites for hydroxylation is 1. The third kappa shape index (κ3) is 4.74. The molecular formula is C20H25F3N4O2S. The van der Waals surface area contributed by atoms with Crippen molar-refractivity contribution in [3.8, 4) is 0 Å². The van der Waals surface area contributed by atoms with E-state index in [1.165, 1.54) is 17.8 Å². The number of amides is 2. The zero-order valence-electron chi connectivity index (χ0n) is 17.0. The summed E-state index contributed by atoms with van der Waals surface area (Å²) in [5.74, 6) is -0.272. The summed E-state index contributed by atoms with van der Waals surface area (Å²) in [5.41, 5.74) is 0.143. The van der Waals surface area contributed by atoms with Crippen molar-refractivity contribution in [3.63, 3.8) is 0 Å². The highest BCUT2D eigenvalue weighted by atomic mass is 32.2. The number of nitrogens with zero attached hydrogens (tertiary/aromatic N) is 3. The van der Waals surface area contributed by atoms with Gasteiger partial charge in [-0.2, -0.15) is 13.2 Å². The number of carbonyl (C=O) groups excluding carboxylic acids is 2. The van der Waals surface area contributed by atoms with Crippen LogP contribution in [0.2, 0.25) is 0 Å². The van der Waals surface area contributed by atoms with Crippen molar-refractivity contribution in [2.45, 2.75) is 56.5 Å². The number of aromatic nitrogens is 2. The van der Waals surface area contributed by atoms with Crippen LogP contribution in [0.4, 0.5) is 13.2 Å². The number of hydrogen-bond donors (Lipinski definition) is 1. The van der Waals surface area contributed by atoms with Gasteiger partial charge in [0, 0.05) is 20.1 Å². The number of alkyl halides is 3. The minimum Gasteiger partial charge on any atom is -0.357 e. The maximum absolute atomic E-state index is 13.1. The number of unbranched alkanes of at least 4 members (excludes halogenated alkanes) is 1. The van der Waals surface area contributed by atoms with E-state index in [4.69, 9.17) is 0 Å². The number of fused-ring (bicyclic) bond motifs is 1. The monoisotopic (exact) mass is 442 g/mol. The molecule has 2 amide bonds. The molecule has 1 fully saturated rings. The Kier molecular flexibility index (Phi) is 6.95. The fourth-order valence-corrected chi connectivity index (χ4v) is 4.57. The van der Waals surface area contributed by atoms with Crippen molar-refractivity contribution in [1.82, 2.24) is 19.8 Å². The number of likely N-dealkylation sites (N-methyl/N-ethyl adjacent to an activating group) is 1. The van der Waals surface area contributed by atoms with E-state index in [1.807, 2.05) is 11.5 Å². The molecule has 30 heavy (non-hydrogen) atoms. The summed E-state index contributed by atoms with van der Waals surface area (Å²) >= 11 is 1.20. The molecule has 1 aromatic heterocycles. The molecule has 1 saturated heterocycles. The minimum absolute atomic E-state index is 0.0784. The van der Waals surface area contributed by atoms with Crippen molar-refractivity contribution in [1.29, 1.82) is 0 Å². The Balaban J connectivity index is 1.81. The molecule has 1 aromatic carbocycles. The Hall–Kier alpha value is -2.23. The molecule has 3 rings (SSSR count). The smallest absolute Gasteiger partial charge is 0.357 e. The molecule has 1 aliphatic rings. The van der Waals surface area contributed by atoms with Crippen LogP contribution in [-0.2, 0) is 22.3 Å². The van der Waals surface area contributed by atoms with Crippen molar-refractivity contribution in [3.05, 3.63) is 23.8 Å². The fraction of sp³-hybridized carbons (Fsp3) is 0.550. The maximum Gasteiger partial charge on any atom is 0.416 e. The van der Waals surface area contributed by atoms with Gasteiger partial charge in [-0.3, -0.25) is 9.59 Å². The molecule has 0 saturated carbocycles. The average Bonchev–Trinajstić information content (AvgIpc) is 3.33. The second-order valence-corrected chi connectivity index (χ2v) is 8.19. The van der Waals surface area contributed by atoms with Gasteiger partial charge >= 0.3 is 6.18 Å². The Bertz CT molecular complexity index is 929. The third-order valence-electron chi connectivity index (χ3n) is 5.22. The SMILES string of the molecule is CCCCn1c(SCC(=O)N2CCCC2C(=O)NC)nc2cc(C(F)(F)F)ccc21. The number of thioether (sulfide) groups is 1. The molecule has 0 radical (unpaired) electrons. The van der Waals surface area contributed by atoms with E-state index >= 15 is 0 Å². The summed E-state index contributed by atoms with van der Waals surface area (Å²) in [7, 11) is 1.54. The summed E-state index contributed by atoms with van der Waals surface area (Å²) in [6.45, 7) is 3.17. The third-order valence-corrected chi connectivity index (χ3v) is 6.18. The number of benzene rings is 1. The van der Waals surface area contributed by atoms with E-state index in [9.17, 15) is 22.8 Å². The molecular weight excluding hydrogens is 417 g/mol. The van der Waals surface area contributed by atoms with Crippen molar-refractivity contribution < 1.29 is 22.8 Å². The normalized spacial score (nSPS) is 17.0. The number of halogens is 3. The first-order valence-corrected chi connectivity index (χ1v) is 11.0. The van der Waals surface area contributed by atoms with Crippen LogP contribution < -0.4 is 5.32 Å². The molecule has 1 N–H and O–H groups in total. The molecule has 2 heterocycles. The van der Waals surface area contributed by atoms with Gasteiger partial charge in [-0.05, 0) is 37.5 Å². The lowest BCUT2D eigenvalue weighted by Crippen LogP contribution is -2.45. The van der Waals surface area contributed by atoms with Gasteiger partial charge in [-0.25, -0.2) is 4.98 Å². The van der Waals surface area contributed by atoms with Crippen LogP contribution in [0.15, 0.2) is 23.4 Å². The summed E-state index contributed by atoms with van der Waals surface area (Å²) in [6, 6.07) is 3.08. The fourth-order valence-electron chi connectivity index (χ4n) is 3.64. The highest BCUT2D eigenvalue weighted by molar-refractivity contribution is 7.99. The number of imidazole rings is 1. The zero-order chi connectivity index (χ0) is 21.9. The van der Waals surface area contributed by atoms with E-state index in [2.05, 4.69) is 10.3 Å². The molecule has 10 heteroatoms. The minimum atomic E-state index is -4.44. The van der Waals surface area contributed by atoms with Gasteiger partial charge in [0.05, 0.1) is 22.3 Å². The van der Waals surface area contributed by atoms with E-state index in [0.29, 0.717) is 30.2 Å². The van der Waals surface area contributed by atoms with Gasteiger partial charge in [-0.1, -0.05) is 25.1 Å². The van der Waals surface area contributed by atoms with Gasteiger partial charge in [-0.15, -0.1) is 0 Å². The van der Waals surface area contributed by atoms with Crippen LogP contribution >= 0.6 is 11.8 Å². The predicted molar refractivity (Wildman–Crippen MR) is 109 cm³/mol.